The number of pyridine rings is 1. The van der Waals surface area contributed by atoms with Gasteiger partial charge in [-0.2, -0.15) is 17.6 Å². The minimum atomic E-state index is -4.31. The van der Waals surface area contributed by atoms with Gasteiger partial charge >= 0.3 is 11.8 Å². The van der Waals surface area contributed by atoms with Crippen LogP contribution in [0.4, 0.5) is 17.6 Å². The molecule has 2 nitrogen and oxygen atoms in total. The lowest BCUT2D eigenvalue weighted by Gasteiger charge is -2.33. The first-order valence-corrected chi connectivity index (χ1v) is 4.45. The molecule has 1 unspecified atom stereocenters. The first-order chi connectivity index (χ1) is 7.45. The lowest BCUT2D eigenvalue weighted by molar-refractivity contribution is -0.246. The zero-order valence-electron chi connectivity index (χ0n) is 7.91. The van der Waals surface area contributed by atoms with Gasteiger partial charge in [0, 0.05) is 12.3 Å². The van der Waals surface area contributed by atoms with Crippen LogP contribution >= 0.6 is 0 Å². The van der Waals surface area contributed by atoms with Gasteiger partial charge in [0.2, 0.25) is 6.10 Å². The number of hydrogen-bond donors (Lipinski definition) is 0. The van der Waals surface area contributed by atoms with Crippen LogP contribution in [0.1, 0.15) is 11.8 Å². The minimum absolute atomic E-state index is 0.0481. The van der Waals surface area contributed by atoms with Gasteiger partial charge in [-0.15, -0.1) is 0 Å². The highest BCUT2D eigenvalue weighted by Crippen LogP contribution is 2.48. The summed E-state index contributed by atoms with van der Waals surface area (Å²) in [7, 11) is 0. The minimum Gasteiger partial charge on any atom is -0.485 e. The number of hydrogen-bond acceptors (Lipinski definition) is 2. The molecule has 0 bridgehead atoms. The second-order valence-corrected chi connectivity index (χ2v) is 3.32. The second-order valence-electron chi connectivity index (χ2n) is 3.32. The van der Waals surface area contributed by atoms with Crippen molar-refractivity contribution in [1.29, 1.82) is 0 Å². The van der Waals surface area contributed by atoms with E-state index in [0.717, 1.165) is 0 Å². The Morgan fingerprint density at radius 1 is 1.19 bits per heavy atom. The molecule has 2 heterocycles. The van der Waals surface area contributed by atoms with Crippen LogP contribution in [0.3, 0.4) is 0 Å². The number of rotatable bonds is 1. The molecule has 1 aliphatic heterocycles. The van der Waals surface area contributed by atoms with Crippen LogP contribution in [0, 0.1) is 0 Å². The molecular weight excluding hydrogens is 226 g/mol. The molecule has 6 heteroatoms. The Morgan fingerprint density at radius 2 is 1.94 bits per heavy atom. The zero-order valence-corrected chi connectivity index (χ0v) is 7.91. The van der Waals surface area contributed by atoms with Crippen LogP contribution in [-0.2, 0) is 4.74 Å². The monoisotopic (exact) mass is 233 g/mol. The number of halogens is 4. The molecule has 0 spiro atoms. The average molecular weight is 233 g/mol. The Labute approximate surface area is 88.6 Å². The summed E-state index contributed by atoms with van der Waals surface area (Å²) in [5, 5.41) is 0. The maximum Gasteiger partial charge on any atom is 0.355 e. The molecule has 2 rings (SSSR count). The number of ether oxygens (including phenoxy) is 1. The molecule has 1 aromatic heterocycles. The van der Waals surface area contributed by atoms with Gasteiger partial charge in [-0.25, -0.2) is 0 Å². The summed E-state index contributed by atoms with van der Waals surface area (Å²) in [4.78, 5) is 3.59. The summed E-state index contributed by atoms with van der Waals surface area (Å²) in [5.41, 5.74) is -0.225. The number of alkyl halides is 4. The van der Waals surface area contributed by atoms with Crippen LogP contribution in [0.15, 0.2) is 36.7 Å². The molecule has 0 amide bonds. The van der Waals surface area contributed by atoms with E-state index < -0.39 is 17.9 Å². The molecule has 0 saturated heterocycles. The maximum atomic E-state index is 13.4. The Balaban J connectivity index is 2.41. The molecule has 86 valence electrons. The van der Waals surface area contributed by atoms with Crippen molar-refractivity contribution in [3.05, 3.63) is 42.4 Å². The van der Waals surface area contributed by atoms with Crippen LogP contribution in [0.2, 0.25) is 0 Å². The smallest absolute Gasteiger partial charge is 0.355 e. The first kappa shape index (κ1) is 10.9. The van der Waals surface area contributed by atoms with Crippen LogP contribution in [0.5, 0.6) is 0 Å². The van der Waals surface area contributed by atoms with Gasteiger partial charge in [0.1, 0.15) is 0 Å². The van der Waals surface area contributed by atoms with Crippen molar-refractivity contribution < 1.29 is 22.3 Å². The predicted molar refractivity (Wildman–Crippen MR) is 47.1 cm³/mol. The van der Waals surface area contributed by atoms with Crippen LogP contribution in [-0.4, -0.2) is 16.8 Å². The molecule has 16 heavy (non-hydrogen) atoms. The van der Waals surface area contributed by atoms with E-state index in [9.17, 15) is 17.6 Å². The molecule has 0 radical (unpaired) electrons. The molecule has 0 aromatic carbocycles. The SMILES string of the molecule is FC1(F)C=COC(c2ccccn2)C1(F)F. The summed E-state index contributed by atoms with van der Waals surface area (Å²) in [5.74, 6) is -8.54. The van der Waals surface area contributed by atoms with Crippen LogP contribution in [0.25, 0.3) is 0 Å². The maximum absolute atomic E-state index is 13.4. The normalized spacial score (nSPS) is 26.1. The van der Waals surface area contributed by atoms with Crippen molar-refractivity contribution in [2.24, 2.45) is 0 Å². The largest absolute Gasteiger partial charge is 0.485 e. The molecule has 0 saturated carbocycles. The van der Waals surface area contributed by atoms with Gasteiger partial charge in [0.05, 0.1) is 12.0 Å². The van der Waals surface area contributed by atoms with Gasteiger partial charge in [-0.1, -0.05) is 6.07 Å². The molecule has 1 aromatic rings. The Morgan fingerprint density at radius 3 is 2.56 bits per heavy atom. The highest BCUT2D eigenvalue weighted by molar-refractivity contribution is 5.18. The summed E-state index contributed by atoms with van der Waals surface area (Å²) >= 11 is 0. The van der Waals surface area contributed by atoms with E-state index in [1.807, 2.05) is 0 Å². The second kappa shape index (κ2) is 3.47. The van der Waals surface area contributed by atoms with Gasteiger partial charge < -0.3 is 4.74 Å². The van der Waals surface area contributed by atoms with E-state index >= 15 is 0 Å². The molecule has 1 aliphatic rings. The van der Waals surface area contributed by atoms with Gasteiger partial charge in [-0.3, -0.25) is 4.98 Å². The van der Waals surface area contributed by atoms with Crippen molar-refractivity contribution in [1.82, 2.24) is 4.98 Å². The zero-order chi connectivity index (χ0) is 11.8. The van der Waals surface area contributed by atoms with Gasteiger partial charge in [-0.05, 0) is 12.1 Å². The molecular formula is C10H7F4NO. The summed E-state index contributed by atoms with van der Waals surface area (Å²) in [6, 6.07) is 4.14. The van der Waals surface area contributed by atoms with Crippen LogP contribution < -0.4 is 0 Å². The summed E-state index contributed by atoms with van der Waals surface area (Å²) in [6.07, 6.45) is -0.192. The van der Waals surface area contributed by atoms with E-state index in [1.165, 1.54) is 24.4 Å². The third-order valence-corrected chi connectivity index (χ3v) is 2.22. The Kier molecular flexibility index (Phi) is 2.36. The quantitative estimate of drug-likeness (QED) is 0.696. The van der Waals surface area contributed by atoms with E-state index in [4.69, 9.17) is 0 Å². The number of aromatic nitrogens is 1. The summed E-state index contributed by atoms with van der Waals surface area (Å²) in [6.45, 7) is 0. The highest BCUT2D eigenvalue weighted by atomic mass is 19.3. The van der Waals surface area contributed by atoms with Crippen molar-refractivity contribution in [2.75, 3.05) is 0 Å². The third-order valence-electron chi connectivity index (χ3n) is 2.22. The van der Waals surface area contributed by atoms with Crippen molar-refractivity contribution >= 4 is 0 Å². The molecule has 0 fully saturated rings. The van der Waals surface area contributed by atoms with E-state index in [-0.39, 0.29) is 11.8 Å². The fourth-order valence-electron chi connectivity index (χ4n) is 1.36. The molecule has 0 aliphatic carbocycles. The topological polar surface area (TPSA) is 22.1 Å². The number of nitrogens with zero attached hydrogens (tertiary/aromatic N) is 1. The summed E-state index contributed by atoms with van der Waals surface area (Å²) < 4.78 is 57.2. The fourth-order valence-corrected chi connectivity index (χ4v) is 1.36. The Hall–Kier alpha value is -1.59. The standard InChI is InChI=1S/C10H7F4NO/c11-9(12)4-6-16-8(10(9,13)14)7-3-1-2-5-15-7/h1-6,8H. The van der Waals surface area contributed by atoms with Crippen molar-refractivity contribution in [3.8, 4) is 0 Å². The first-order valence-electron chi connectivity index (χ1n) is 4.45. The predicted octanol–water partition coefficient (Wildman–Crippen LogP) is 2.94. The Bertz CT molecular complexity index is 405. The highest BCUT2D eigenvalue weighted by Gasteiger charge is 2.63. The lowest BCUT2D eigenvalue weighted by Crippen LogP contribution is -2.47. The van der Waals surface area contributed by atoms with Gasteiger partial charge in [0.15, 0.2) is 0 Å². The molecule has 0 N–H and O–H groups in total. The van der Waals surface area contributed by atoms with E-state index in [2.05, 4.69) is 9.72 Å². The van der Waals surface area contributed by atoms with Gasteiger partial charge in [0.25, 0.3) is 0 Å². The van der Waals surface area contributed by atoms with Crippen molar-refractivity contribution in [3.63, 3.8) is 0 Å². The van der Waals surface area contributed by atoms with E-state index in [0.29, 0.717) is 6.26 Å². The third kappa shape index (κ3) is 1.54. The fraction of sp³-hybridized carbons (Fsp3) is 0.300. The van der Waals surface area contributed by atoms with Crippen molar-refractivity contribution in [2.45, 2.75) is 17.9 Å². The number of allylic oxidation sites excluding steroid dienone is 1. The lowest BCUT2D eigenvalue weighted by atomic mass is 10.0. The average Bonchev–Trinajstić information content (AvgIpc) is 2.23. The van der Waals surface area contributed by atoms with E-state index in [1.54, 1.807) is 0 Å². The molecule has 1 atom stereocenters.